The molecule has 0 amide bonds. The molecule has 106 valence electrons. The van der Waals surface area contributed by atoms with Crippen LogP contribution in [0.15, 0.2) is 36.5 Å². The van der Waals surface area contributed by atoms with E-state index in [2.05, 4.69) is 16.5 Å². The van der Waals surface area contributed by atoms with Crippen LogP contribution in [0.5, 0.6) is 5.75 Å². The molecule has 1 aromatic heterocycles. The molecule has 0 spiro atoms. The van der Waals surface area contributed by atoms with Crippen LogP contribution in [-0.2, 0) is 0 Å². The number of ether oxygens (including phenoxy) is 1. The zero-order chi connectivity index (χ0) is 14.5. The van der Waals surface area contributed by atoms with E-state index in [0.717, 1.165) is 28.1 Å². The van der Waals surface area contributed by atoms with Gasteiger partial charge in [0, 0.05) is 11.8 Å². The fourth-order valence-electron chi connectivity index (χ4n) is 2.35. The quantitative estimate of drug-likeness (QED) is 0.648. The summed E-state index contributed by atoms with van der Waals surface area (Å²) in [7, 11) is 0. The van der Waals surface area contributed by atoms with Crippen LogP contribution in [-0.4, -0.2) is 11.6 Å². The van der Waals surface area contributed by atoms with Crippen molar-refractivity contribution in [1.82, 2.24) is 10.4 Å². The van der Waals surface area contributed by atoms with Crippen molar-refractivity contribution >= 4 is 0 Å². The van der Waals surface area contributed by atoms with Crippen molar-refractivity contribution in [3.63, 3.8) is 0 Å². The van der Waals surface area contributed by atoms with Crippen LogP contribution in [0.4, 0.5) is 0 Å². The lowest BCUT2D eigenvalue weighted by Crippen LogP contribution is -2.30. The van der Waals surface area contributed by atoms with Gasteiger partial charge in [0.1, 0.15) is 5.75 Å². The molecule has 0 fully saturated rings. The lowest BCUT2D eigenvalue weighted by molar-refractivity contribution is 0.333. The average molecular weight is 271 g/mol. The number of hydrogen-bond donors (Lipinski definition) is 2. The minimum absolute atomic E-state index is 0.182. The van der Waals surface area contributed by atoms with Crippen LogP contribution in [0.1, 0.15) is 35.3 Å². The summed E-state index contributed by atoms with van der Waals surface area (Å²) in [6.45, 7) is 6.66. The van der Waals surface area contributed by atoms with Crippen molar-refractivity contribution in [2.45, 2.75) is 26.8 Å². The highest BCUT2D eigenvalue weighted by molar-refractivity contribution is 5.42. The molecular formula is C16H21N3O. The van der Waals surface area contributed by atoms with Crippen LogP contribution in [0, 0.1) is 13.8 Å². The fourth-order valence-corrected chi connectivity index (χ4v) is 2.35. The molecule has 4 nitrogen and oxygen atoms in total. The van der Waals surface area contributed by atoms with E-state index in [1.807, 2.05) is 51.2 Å². The minimum Gasteiger partial charge on any atom is -0.494 e. The number of hydrazine groups is 1. The maximum atomic E-state index is 5.76. The Labute approximate surface area is 120 Å². The Morgan fingerprint density at radius 3 is 2.70 bits per heavy atom. The zero-order valence-corrected chi connectivity index (χ0v) is 12.2. The second-order valence-electron chi connectivity index (χ2n) is 4.79. The molecular weight excluding hydrogens is 250 g/mol. The molecule has 1 atom stereocenters. The van der Waals surface area contributed by atoms with E-state index in [4.69, 9.17) is 10.6 Å². The van der Waals surface area contributed by atoms with Gasteiger partial charge in [0.15, 0.2) is 0 Å². The standard InChI is InChI=1S/C16H21N3O/c1-4-20-14-8-6-5-7-13(14)16(19-17)15-12(3)9-11(2)10-18-15/h5-10,16,19H,4,17H2,1-3H3. The molecule has 0 saturated heterocycles. The monoisotopic (exact) mass is 271 g/mol. The van der Waals surface area contributed by atoms with Gasteiger partial charge in [0.05, 0.1) is 18.3 Å². The highest BCUT2D eigenvalue weighted by atomic mass is 16.5. The van der Waals surface area contributed by atoms with Crippen molar-refractivity contribution < 1.29 is 4.74 Å². The molecule has 20 heavy (non-hydrogen) atoms. The third-order valence-electron chi connectivity index (χ3n) is 3.23. The van der Waals surface area contributed by atoms with E-state index < -0.39 is 0 Å². The normalized spacial score (nSPS) is 12.2. The number of nitrogens with two attached hydrogens (primary N) is 1. The summed E-state index contributed by atoms with van der Waals surface area (Å²) in [6, 6.07) is 9.82. The SMILES string of the molecule is CCOc1ccccc1C(NN)c1ncc(C)cc1C. The van der Waals surface area contributed by atoms with Gasteiger partial charge < -0.3 is 4.74 Å². The lowest BCUT2D eigenvalue weighted by Gasteiger charge is -2.21. The van der Waals surface area contributed by atoms with E-state index in [9.17, 15) is 0 Å². The van der Waals surface area contributed by atoms with Gasteiger partial charge in [0.2, 0.25) is 0 Å². The molecule has 0 aliphatic rings. The van der Waals surface area contributed by atoms with Crippen LogP contribution in [0.2, 0.25) is 0 Å². The Kier molecular flexibility index (Phi) is 4.71. The van der Waals surface area contributed by atoms with Crippen molar-refractivity contribution in [2.75, 3.05) is 6.61 Å². The third kappa shape index (κ3) is 2.98. The first-order valence-corrected chi connectivity index (χ1v) is 6.78. The summed E-state index contributed by atoms with van der Waals surface area (Å²) in [5, 5.41) is 0. The first-order valence-electron chi connectivity index (χ1n) is 6.78. The summed E-state index contributed by atoms with van der Waals surface area (Å²) in [5.41, 5.74) is 7.02. The van der Waals surface area contributed by atoms with Crippen molar-refractivity contribution in [2.24, 2.45) is 5.84 Å². The number of para-hydroxylation sites is 1. The molecule has 3 N–H and O–H groups in total. The lowest BCUT2D eigenvalue weighted by atomic mass is 9.99. The van der Waals surface area contributed by atoms with Gasteiger partial charge in [-0.15, -0.1) is 0 Å². The Balaban J connectivity index is 2.47. The number of benzene rings is 1. The smallest absolute Gasteiger partial charge is 0.124 e. The van der Waals surface area contributed by atoms with E-state index in [1.54, 1.807) is 0 Å². The summed E-state index contributed by atoms with van der Waals surface area (Å²) in [4.78, 5) is 4.53. The van der Waals surface area contributed by atoms with E-state index in [-0.39, 0.29) is 6.04 Å². The fraction of sp³-hybridized carbons (Fsp3) is 0.312. The highest BCUT2D eigenvalue weighted by Gasteiger charge is 2.19. The number of pyridine rings is 1. The van der Waals surface area contributed by atoms with Crippen molar-refractivity contribution in [3.05, 3.63) is 58.9 Å². The van der Waals surface area contributed by atoms with Crippen molar-refractivity contribution in [3.8, 4) is 5.75 Å². The molecule has 2 aromatic rings. The number of rotatable bonds is 5. The van der Waals surface area contributed by atoms with E-state index in [0.29, 0.717) is 6.61 Å². The van der Waals surface area contributed by atoms with Gasteiger partial charge in [-0.1, -0.05) is 24.3 Å². The second kappa shape index (κ2) is 6.50. The largest absolute Gasteiger partial charge is 0.494 e. The number of hydrogen-bond acceptors (Lipinski definition) is 4. The zero-order valence-electron chi connectivity index (χ0n) is 12.2. The Bertz CT molecular complexity index is 584. The van der Waals surface area contributed by atoms with Crippen LogP contribution >= 0.6 is 0 Å². The maximum absolute atomic E-state index is 5.76. The molecule has 0 aliphatic heterocycles. The molecule has 2 rings (SSSR count). The van der Waals surface area contributed by atoms with Gasteiger partial charge >= 0.3 is 0 Å². The van der Waals surface area contributed by atoms with Crippen LogP contribution in [0.25, 0.3) is 0 Å². The van der Waals surface area contributed by atoms with Gasteiger partial charge in [-0.3, -0.25) is 10.8 Å². The number of nitrogens with zero attached hydrogens (tertiary/aromatic N) is 1. The molecule has 4 heteroatoms. The second-order valence-corrected chi connectivity index (χ2v) is 4.79. The summed E-state index contributed by atoms with van der Waals surface area (Å²) < 4.78 is 5.68. The van der Waals surface area contributed by atoms with Crippen LogP contribution < -0.4 is 16.0 Å². The predicted octanol–water partition coefficient (Wildman–Crippen LogP) is 2.65. The predicted molar refractivity (Wildman–Crippen MR) is 80.5 cm³/mol. The maximum Gasteiger partial charge on any atom is 0.124 e. The Morgan fingerprint density at radius 2 is 2.05 bits per heavy atom. The number of nitrogens with one attached hydrogen (secondary N) is 1. The van der Waals surface area contributed by atoms with Gasteiger partial charge in [-0.2, -0.15) is 0 Å². The minimum atomic E-state index is -0.182. The molecule has 1 unspecified atom stereocenters. The van der Waals surface area contributed by atoms with Gasteiger partial charge in [0.25, 0.3) is 0 Å². The Hall–Kier alpha value is -1.91. The highest BCUT2D eigenvalue weighted by Crippen LogP contribution is 2.30. The Morgan fingerprint density at radius 1 is 1.30 bits per heavy atom. The first kappa shape index (κ1) is 14.5. The van der Waals surface area contributed by atoms with Crippen molar-refractivity contribution in [1.29, 1.82) is 0 Å². The molecule has 0 bridgehead atoms. The first-order chi connectivity index (χ1) is 9.67. The van der Waals surface area contributed by atoms with Gasteiger partial charge in [-0.05, 0) is 38.0 Å². The van der Waals surface area contributed by atoms with Gasteiger partial charge in [-0.25, -0.2) is 5.43 Å². The topological polar surface area (TPSA) is 60.2 Å². The molecule has 0 saturated carbocycles. The molecule has 0 aliphatic carbocycles. The third-order valence-corrected chi connectivity index (χ3v) is 3.23. The summed E-state index contributed by atoms with van der Waals surface area (Å²) >= 11 is 0. The molecule has 1 aromatic carbocycles. The number of aromatic nitrogens is 1. The molecule has 0 radical (unpaired) electrons. The van der Waals surface area contributed by atoms with Crippen LogP contribution in [0.3, 0.4) is 0 Å². The molecule has 1 heterocycles. The average Bonchev–Trinajstić information content (AvgIpc) is 2.44. The number of aryl methyl sites for hydroxylation is 2. The van der Waals surface area contributed by atoms with E-state index >= 15 is 0 Å². The van der Waals surface area contributed by atoms with E-state index in [1.165, 1.54) is 0 Å². The summed E-state index contributed by atoms with van der Waals surface area (Å²) in [6.07, 6.45) is 1.86. The summed E-state index contributed by atoms with van der Waals surface area (Å²) in [5.74, 6) is 6.60.